The molecule has 0 bridgehead atoms. The SMILES string of the molecule is CC(C)c1nn(C)c2c(/N=N/c3snc4ccccc34)c(C(C)(C)C)nn12. The lowest BCUT2D eigenvalue weighted by atomic mass is 9.91. The molecule has 3 aromatic heterocycles. The molecule has 0 aliphatic heterocycles. The molecule has 3 heterocycles. The molecule has 0 radical (unpaired) electrons. The van der Waals surface area contributed by atoms with Gasteiger partial charge < -0.3 is 0 Å². The van der Waals surface area contributed by atoms with Crippen molar-refractivity contribution >= 4 is 38.8 Å². The summed E-state index contributed by atoms with van der Waals surface area (Å²) in [4.78, 5) is 0. The largest absolute Gasteiger partial charge is 0.247 e. The third-order valence-corrected chi connectivity index (χ3v) is 5.21. The second-order valence-corrected chi connectivity index (χ2v) is 8.78. The molecule has 140 valence electrons. The molecule has 4 rings (SSSR count). The fourth-order valence-corrected chi connectivity index (χ4v) is 3.79. The second-order valence-electron chi connectivity index (χ2n) is 8.02. The molecular weight excluding hydrogens is 358 g/mol. The molecule has 0 aliphatic carbocycles. The van der Waals surface area contributed by atoms with Crippen molar-refractivity contribution in [2.24, 2.45) is 17.3 Å². The lowest BCUT2D eigenvalue weighted by Crippen LogP contribution is -2.13. The Morgan fingerprint density at radius 3 is 2.52 bits per heavy atom. The molecule has 7 nitrogen and oxygen atoms in total. The van der Waals surface area contributed by atoms with Crippen LogP contribution in [0.25, 0.3) is 16.6 Å². The molecule has 8 heteroatoms. The van der Waals surface area contributed by atoms with Gasteiger partial charge in [-0.3, -0.25) is 0 Å². The van der Waals surface area contributed by atoms with Crippen LogP contribution in [0.5, 0.6) is 0 Å². The molecular formula is C19H23N7S. The number of fused-ring (bicyclic) bond motifs is 2. The van der Waals surface area contributed by atoms with Crippen molar-refractivity contribution in [3.8, 4) is 0 Å². The Labute approximate surface area is 161 Å². The Kier molecular flexibility index (Phi) is 4.10. The van der Waals surface area contributed by atoms with Gasteiger partial charge in [0.2, 0.25) is 0 Å². The zero-order valence-electron chi connectivity index (χ0n) is 16.4. The van der Waals surface area contributed by atoms with Crippen LogP contribution in [0.1, 0.15) is 52.1 Å². The minimum absolute atomic E-state index is 0.162. The van der Waals surface area contributed by atoms with Gasteiger partial charge in [-0.1, -0.05) is 46.8 Å². The van der Waals surface area contributed by atoms with Crippen molar-refractivity contribution in [1.82, 2.24) is 23.8 Å². The van der Waals surface area contributed by atoms with Gasteiger partial charge in [0.15, 0.2) is 22.2 Å². The summed E-state index contributed by atoms with van der Waals surface area (Å²) in [6, 6.07) is 7.97. The van der Waals surface area contributed by atoms with Crippen molar-refractivity contribution in [3.05, 3.63) is 35.8 Å². The van der Waals surface area contributed by atoms with Crippen LogP contribution < -0.4 is 0 Å². The zero-order valence-corrected chi connectivity index (χ0v) is 17.2. The van der Waals surface area contributed by atoms with E-state index in [4.69, 9.17) is 5.10 Å². The van der Waals surface area contributed by atoms with Gasteiger partial charge in [0.05, 0.1) is 11.2 Å². The molecule has 0 fully saturated rings. The molecule has 27 heavy (non-hydrogen) atoms. The van der Waals surface area contributed by atoms with Gasteiger partial charge in [0.25, 0.3) is 0 Å². The van der Waals surface area contributed by atoms with Crippen LogP contribution in [-0.4, -0.2) is 23.8 Å². The molecule has 0 spiro atoms. The average molecular weight is 382 g/mol. The van der Waals surface area contributed by atoms with Crippen molar-refractivity contribution in [3.63, 3.8) is 0 Å². The standard InChI is InChI=1S/C19H23N7S/c1-11(2)16-23-25(6)18-14(15(19(3,4)5)22-26(16)18)20-21-17-12-9-7-8-10-13(12)24-27-17/h7-11H,1-6H3/b21-20+. The monoisotopic (exact) mass is 381 g/mol. The number of hydrogen-bond donors (Lipinski definition) is 0. The van der Waals surface area contributed by atoms with E-state index in [-0.39, 0.29) is 11.3 Å². The van der Waals surface area contributed by atoms with E-state index >= 15 is 0 Å². The first kappa shape index (κ1) is 17.8. The fraction of sp³-hybridized carbons (Fsp3) is 0.421. The van der Waals surface area contributed by atoms with Gasteiger partial charge in [0.1, 0.15) is 0 Å². The molecule has 4 aromatic rings. The highest BCUT2D eigenvalue weighted by Crippen LogP contribution is 2.38. The highest BCUT2D eigenvalue weighted by molar-refractivity contribution is 7.11. The number of aryl methyl sites for hydroxylation is 1. The van der Waals surface area contributed by atoms with Crippen LogP contribution in [0.4, 0.5) is 10.7 Å². The minimum atomic E-state index is -0.162. The third kappa shape index (κ3) is 2.93. The minimum Gasteiger partial charge on any atom is -0.247 e. The Bertz CT molecular complexity index is 1150. The lowest BCUT2D eigenvalue weighted by molar-refractivity contribution is 0.558. The fourth-order valence-electron chi connectivity index (χ4n) is 3.09. The van der Waals surface area contributed by atoms with Crippen LogP contribution >= 0.6 is 11.5 Å². The number of hydrogen-bond acceptors (Lipinski definition) is 6. The van der Waals surface area contributed by atoms with Crippen LogP contribution in [0.2, 0.25) is 0 Å². The van der Waals surface area contributed by atoms with E-state index in [1.54, 1.807) is 0 Å². The predicted molar refractivity (Wildman–Crippen MR) is 109 cm³/mol. The molecule has 0 amide bonds. The summed E-state index contributed by atoms with van der Waals surface area (Å²) >= 11 is 1.36. The molecule has 0 atom stereocenters. The number of nitrogens with zero attached hydrogens (tertiary/aromatic N) is 7. The number of rotatable bonds is 3. The average Bonchev–Trinajstić information content (AvgIpc) is 3.26. The quantitative estimate of drug-likeness (QED) is 0.439. The zero-order chi connectivity index (χ0) is 19.3. The van der Waals surface area contributed by atoms with Gasteiger partial charge in [0, 0.05) is 23.8 Å². The first-order chi connectivity index (χ1) is 12.8. The van der Waals surface area contributed by atoms with Crippen LogP contribution in [-0.2, 0) is 12.5 Å². The maximum absolute atomic E-state index is 4.86. The molecule has 0 aliphatic rings. The summed E-state index contributed by atoms with van der Waals surface area (Å²) in [6.45, 7) is 10.6. The highest BCUT2D eigenvalue weighted by atomic mass is 32.1. The van der Waals surface area contributed by atoms with Crippen LogP contribution in [0, 0.1) is 0 Å². The summed E-state index contributed by atoms with van der Waals surface area (Å²) in [7, 11) is 1.93. The number of azo groups is 1. The molecule has 0 saturated carbocycles. The van der Waals surface area contributed by atoms with Gasteiger partial charge in [-0.2, -0.15) is 19.1 Å². The van der Waals surface area contributed by atoms with Gasteiger partial charge in [-0.05, 0) is 23.7 Å². The van der Waals surface area contributed by atoms with Crippen molar-refractivity contribution in [2.45, 2.75) is 46.0 Å². The number of benzene rings is 1. The van der Waals surface area contributed by atoms with Gasteiger partial charge in [-0.15, -0.1) is 10.2 Å². The van der Waals surface area contributed by atoms with Crippen molar-refractivity contribution in [2.75, 3.05) is 0 Å². The predicted octanol–water partition coefficient (Wildman–Crippen LogP) is 5.51. The summed E-state index contributed by atoms with van der Waals surface area (Å²) < 4.78 is 8.20. The Hall–Kier alpha value is -2.61. The summed E-state index contributed by atoms with van der Waals surface area (Å²) in [5.74, 6) is 1.18. The highest BCUT2D eigenvalue weighted by Gasteiger charge is 2.28. The summed E-state index contributed by atoms with van der Waals surface area (Å²) in [5.41, 5.74) is 3.32. The molecule has 0 N–H and O–H groups in total. The second kappa shape index (κ2) is 6.23. The van der Waals surface area contributed by atoms with Crippen molar-refractivity contribution < 1.29 is 0 Å². The Morgan fingerprint density at radius 1 is 1.07 bits per heavy atom. The van der Waals surface area contributed by atoms with Crippen LogP contribution in [0.3, 0.4) is 0 Å². The molecule has 0 unspecified atom stereocenters. The van der Waals surface area contributed by atoms with E-state index < -0.39 is 0 Å². The summed E-state index contributed by atoms with van der Waals surface area (Å²) in [6.07, 6.45) is 0. The first-order valence-corrected chi connectivity index (χ1v) is 9.77. The lowest BCUT2D eigenvalue weighted by Gasteiger charge is -2.15. The first-order valence-electron chi connectivity index (χ1n) is 8.99. The Balaban J connectivity index is 1.92. The van der Waals surface area contributed by atoms with Crippen molar-refractivity contribution in [1.29, 1.82) is 0 Å². The maximum atomic E-state index is 4.86. The van der Waals surface area contributed by atoms with E-state index in [0.717, 1.165) is 38.8 Å². The smallest absolute Gasteiger partial charge is 0.182 e. The van der Waals surface area contributed by atoms with E-state index in [9.17, 15) is 0 Å². The van der Waals surface area contributed by atoms with Crippen LogP contribution in [0.15, 0.2) is 34.5 Å². The maximum Gasteiger partial charge on any atom is 0.182 e. The third-order valence-electron chi connectivity index (χ3n) is 4.45. The van der Waals surface area contributed by atoms with Gasteiger partial charge in [-0.25, -0.2) is 4.68 Å². The normalized spacial score (nSPS) is 13.0. The summed E-state index contributed by atoms with van der Waals surface area (Å²) in [5, 5.41) is 20.5. The van der Waals surface area contributed by atoms with E-state index in [1.807, 2.05) is 40.5 Å². The topological polar surface area (TPSA) is 72.7 Å². The molecule has 0 saturated heterocycles. The number of aromatic nitrogens is 5. The Morgan fingerprint density at radius 2 is 1.81 bits per heavy atom. The van der Waals surface area contributed by atoms with E-state index in [2.05, 4.69) is 54.3 Å². The van der Waals surface area contributed by atoms with E-state index in [1.165, 1.54) is 11.5 Å². The van der Waals surface area contributed by atoms with E-state index in [0.29, 0.717) is 0 Å². The molecule has 1 aromatic carbocycles. The van der Waals surface area contributed by atoms with Gasteiger partial charge >= 0.3 is 0 Å².